The van der Waals surface area contributed by atoms with Crippen LogP contribution in [0.5, 0.6) is 5.75 Å². The molecule has 3 N–H and O–H groups in total. The molecule has 1 aromatic rings. The summed E-state index contributed by atoms with van der Waals surface area (Å²) < 4.78 is 5.40. The van der Waals surface area contributed by atoms with Gasteiger partial charge < -0.3 is 20.3 Å². The van der Waals surface area contributed by atoms with Crippen LogP contribution in [0.25, 0.3) is 0 Å². The normalized spacial score (nSPS) is 14.2. The molecule has 1 rings (SSSR count). The fourth-order valence-electron chi connectivity index (χ4n) is 1.44. The maximum absolute atomic E-state index is 9.72. The molecule has 0 aliphatic carbocycles. The van der Waals surface area contributed by atoms with Crippen LogP contribution in [0.3, 0.4) is 0 Å². The van der Waals surface area contributed by atoms with Crippen LogP contribution in [0.1, 0.15) is 13.3 Å². The number of halogens is 2. The summed E-state index contributed by atoms with van der Waals surface area (Å²) in [6, 6.07) is 5.08. The molecule has 0 aromatic heterocycles. The van der Waals surface area contributed by atoms with E-state index in [9.17, 15) is 5.11 Å². The number of benzene rings is 1. The lowest BCUT2D eigenvalue weighted by molar-refractivity contribution is 0.105. The lowest BCUT2D eigenvalue weighted by atomic mass is 10.3. The molecule has 2 unspecified atom stereocenters. The Kier molecular flexibility index (Phi) is 7.49. The molecule has 4 nitrogen and oxygen atoms in total. The summed E-state index contributed by atoms with van der Waals surface area (Å²) in [7, 11) is 0. The highest BCUT2D eigenvalue weighted by Crippen LogP contribution is 2.32. The van der Waals surface area contributed by atoms with Crippen LogP contribution in [0.2, 0.25) is 10.0 Å². The van der Waals surface area contributed by atoms with Gasteiger partial charge in [-0.2, -0.15) is 0 Å². The van der Waals surface area contributed by atoms with E-state index in [2.05, 4.69) is 5.32 Å². The Morgan fingerprint density at radius 3 is 2.47 bits per heavy atom. The monoisotopic (exact) mass is 307 g/mol. The molecule has 108 valence electrons. The highest BCUT2D eigenvalue weighted by atomic mass is 35.5. The predicted molar refractivity (Wildman–Crippen MR) is 77.1 cm³/mol. The zero-order chi connectivity index (χ0) is 14.3. The first kappa shape index (κ1) is 16.5. The molecule has 0 saturated heterocycles. The van der Waals surface area contributed by atoms with Gasteiger partial charge in [-0.15, -0.1) is 0 Å². The third-order valence-electron chi connectivity index (χ3n) is 2.46. The van der Waals surface area contributed by atoms with Crippen LogP contribution in [0, 0.1) is 0 Å². The molecule has 0 spiro atoms. The number of aliphatic hydroxyl groups excluding tert-OH is 2. The zero-order valence-electron chi connectivity index (χ0n) is 10.8. The van der Waals surface area contributed by atoms with Gasteiger partial charge in [0.25, 0.3) is 0 Å². The second-order valence-corrected chi connectivity index (χ2v) is 5.17. The predicted octanol–water partition coefficient (Wildman–Crippen LogP) is 2.09. The van der Waals surface area contributed by atoms with Crippen molar-refractivity contribution in [2.24, 2.45) is 0 Å². The van der Waals surface area contributed by atoms with E-state index in [0.29, 0.717) is 35.3 Å². The number of para-hydroxylation sites is 1. The molecule has 0 amide bonds. The molecule has 0 bridgehead atoms. The summed E-state index contributed by atoms with van der Waals surface area (Å²) in [5.74, 6) is 0.383. The summed E-state index contributed by atoms with van der Waals surface area (Å²) in [6.07, 6.45) is -0.367. The minimum absolute atomic E-state index is 0.102. The third kappa shape index (κ3) is 6.45. The first-order valence-electron chi connectivity index (χ1n) is 6.14. The van der Waals surface area contributed by atoms with E-state index in [1.807, 2.05) is 0 Å². The van der Waals surface area contributed by atoms with Crippen molar-refractivity contribution < 1.29 is 14.9 Å². The Labute approximate surface area is 123 Å². The molecule has 0 aliphatic heterocycles. The van der Waals surface area contributed by atoms with Gasteiger partial charge in [0.1, 0.15) is 12.7 Å². The fraction of sp³-hybridized carbons (Fsp3) is 0.538. The SMILES string of the molecule is CC(O)CCNCC(O)COc1c(Cl)cccc1Cl. The number of aliphatic hydroxyl groups is 2. The van der Waals surface area contributed by atoms with Crippen molar-refractivity contribution in [3.05, 3.63) is 28.2 Å². The van der Waals surface area contributed by atoms with E-state index in [-0.39, 0.29) is 12.7 Å². The number of hydrogen-bond acceptors (Lipinski definition) is 4. The van der Waals surface area contributed by atoms with Crippen LogP contribution in [0.15, 0.2) is 18.2 Å². The van der Waals surface area contributed by atoms with Gasteiger partial charge in [-0.1, -0.05) is 29.3 Å². The van der Waals surface area contributed by atoms with Gasteiger partial charge in [0.15, 0.2) is 5.75 Å². The molecule has 0 aliphatic rings. The van der Waals surface area contributed by atoms with Crippen molar-refractivity contribution in [1.82, 2.24) is 5.32 Å². The number of nitrogens with one attached hydrogen (secondary N) is 1. The summed E-state index contributed by atoms with van der Waals surface area (Å²) in [4.78, 5) is 0. The summed E-state index contributed by atoms with van der Waals surface area (Å²) in [6.45, 7) is 2.85. The summed E-state index contributed by atoms with van der Waals surface area (Å²) in [5, 5.41) is 22.7. The minimum Gasteiger partial charge on any atom is -0.488 e. The number of hydrogen-bond donors (Lipinski definition) is 3. The number of rotatable bonds is 8. The van der Waals surface area contributed by atoms with Gasteiger partial charge in [0, 0.05) is 6.54 Å². The Morgan fingerprint density at radius 1 is 1.26 bits per heavy atom. The second kappa shape index (κ2) is 8.61. The quantitative estimate of drug-likeness (QED) is 0.644. The molecule has 0 heterocycles. The molecule has 1 aromatic carbocycles. The Morgan fingerprint density at radius 2 is 1.89 bits per heavy atom. The van der Waals surface area contributed by atoms with E-state index >= 15 is 0 Å². The van der Waals surface area contributed by atoms with E-state index in [4.69, 9.17) is 33.0 Å². The molecule has 0 fully saturated rings. The minimum atomic E-state index is -0.665. The molecule has 0 saturated carbocycles. The molecule has 19 heavy (non-hydrogen) atoms. The first-order valence-corrected chi connectivity index (χ1v) is 6.90. The highest BCUT2D eigenvalue weighted by Gasteiger charge is 2.10. The maximum Gasteiger partial charge on any atom is 0.156 e. The van der Waals surface area contributed by atoms with Gasteiger partial charge >= 0.3 is 0 Å². The van der Waals surface area contributed by atoms with Crippen LogP contribution < -0.4 is 10.1 Å². The molecule has 2 atom stereocenters. The van der Waals surface area contributed by atoms with Crippen LogP contribution >= 0.6 is 23.2 Å². The van der Waals surface area contributed by atoms with Gasteiger partial charge in [-0.3, -0.25) is 0 Å². The number of ether oxygens (including phenoxy) is 1. The van der Waals surface area contributed by atoms with E-state index < -0.39 is 6.10 Å². The van der Waals surface area contributed by atoms with Gasteiger partial charge in [-0.05, 0) is 32.0 Å². The van der Waals surface area contributed by atoms with Gasteiger partial charge in [-0.25, -0.2) is 0 Å². The maximum atomic E-state index is 9.72. The topological polar surface area (TPSA) is 61.7 Å². The average molecular weight is 308 g/mol. The van der Waals surface area contributed by atoms with Crippen molar-refractivity contribution in [1.29, 1.82) is 0 Å². The van der Waals surface area contributed by atoms with E-state index in [0.717, 1.165) is 0 Å². The van der Waals surface area contributed by atoms with Gasteiger partial charge in [0.2, 0.25) is 0 Å². The van der Waals surface area contributed by atoms with Gasteiger partial charge in [0.05, 0.1) is 16.1 Å². The van der Waals surface area contributed by atoms with Crippen molar-refractivity contribution in [2.75, 3.05) is 19.7 Å². The lowest BCUT2D eigenvalue weighted by Crippen LogP contribution is -2.32. The first-order chi connectivity index (χ1) is 9.00. The zero-order valence-corrected chi connectivity index (χ0v) is 12.3. The molecular weight excluding hydrogens is 289 g/mol. The van der Waals surface area contributed by atoms with Crippen LogP contribution in [-0.2, 0) is 0 Å². The largest absolute Gasteiger partial charge is 0.488 e. The van der Waals surface area contributed by atoms with Crippen molar-refractivity contribution in [3.8, 4) is 5.75 Å². The summed E-state index contributed by atoms with van der Waals surface area (Å²) in [5.41, 5.74) is 0. The Hall–Kier alpha value is -0.520. The summed E-state index contributed by atoms with van der Waals surface area (Å²) >= 11 is 11.9. The van der Waals surface area contributed by atoms with Crippen LogP contribution in [0.4, 0.5) is 0 Å². The molecular formula is C13H19Cl2NO3. The third-order valence-corrected chi connectivity index (χ3v) is 3.05. The average Bonchev–Trinajstić information content (AvgIpc) is 2.34. The van der Waals surface area contributed by atoms with Crippen LogP contribution in [-0.4, -0.2) is 42.1 Å². The molecule has 0 radical (unpaired) electrons. The van der Waals surface area contributed by atoms with E-state index in [1.54, 1.807) is 25.1 Å². The Balaban J connectivity index is 2.28. The molecule has 6 heteroatoms. The smallest absolute Gasteiger partial charge is 0.156 e. The fourth-order valence-corrected chi connectivity index (χ4v) is 1.95. The van der Waals surface area contributed by atoms with Crippen molar-refractivity contribution in [3.63, 3.8) is 0 Å². The van der Waals surface area contributed by atoms with Crippen molar-refractivity contribution in [2.45, 2.75) is 25.6 Å². The highest BCUT2D eigenvalue weighted by molar-refractivity contribution is 6.37. The Bertz CT molecular complexity index is 368. The van der Waals surface area contributed by atoms with Crippen molar-refractivity contribution >= 4 is 23.2 Å². The second-order valence-electron chi connectivity index (χ2n) is 4.36. The van der Waals surface area contributed by atoms with E-state index in [1.165, 1.54) is 0 Å². The lowest BCUT2D eigenvalue weighted by Gasteiger charge is -2.15. The standard InChI is InChI=1S/C13H19Cl2NO3/c1-9(17)5-6-16-7-10(18)8-19-13-11(14)3-2-4-12(13)15/h2-4,9-10,16-18H,5-8H2,1H3.